The maximum atomic E-state index is 2.37. The molecule has 8 aromatic carbocycles. The first kappa shape index (κ1) is 24.4. The highest BCUT2D eigenvalue weighted by atomic mass is 32.1. The van der Waals surface area contributed by atoms with E-state index in [2.05, 4.69) is 158 Å². The van der Waals surface area contributed by atoms with E-state index in [0.717, 1.165) is 0 Å². The predicted molar refractivity (Wildman–Crippen MR) is 188 cm³/mol. The van der Waals surface area contributed by atoms with Crippen molar-refractivity contribution in [3.63, 3.8) is 0 Å². The summed E-state index contributed by atoms with van der Waals surface area (Å²) in [5, 5.41) is 10.3. The molecule has 0 aliphatic heterocycles. The molecule has 0 aliphatic rings. The molecule has 0 fully saturated rings. The zero-order valence-electron chi connectivity index (χ0n) is 23.4. The molecule has 0 radical (unpaired) electrons. The second kappa shape index (κ2) is 9.66. The summed E-state index contributed by atoms with van der Waals surface area (Å²) in [5.74, 6) is 0. The second-order valence-corrected chi connectivity index (χ2v) is 12.3. The maximum Gasteiger partial charge on any atom is 0.0434 e. The minimum atomic E-state index is 1.25. The van der Waals surface area contributed by atoms with Gasteiger partial charge in [0.05, 0.1) is 0 Å². The van der Waals surface area contributed by atoms with Gasteiger partial charge in [0, 0.05) is 25.7 Å². The van der Waals surface area contributed by atoms with E-state index in [1.165, 1.54) is 85.9 Å². The fourth-order valence-electron chi connectivity index (χ4n) is 6.88. The minimum Gasteiger partial charge on any atom is -0.135 e. The van der Waals surface area contributed by atoms with Gasteiger partial charge in [-0.1, -0.05) is 140 Å². The molecule has 1 heterocycles. The Kier molecular flexibility index (Phi) is 5.47. The van der Waals surface area contributed by atoms with E-state index < -0.39 is 0 Å². The standard InChI is InChI=1S/C42H26S/c1-2-11-27(12-3-1)30-23-24-39-38(26-30)36-19-10-20-37(42(36)43-39)41-34-17-8-6-15-32(34)40(33-16-7-9-18-35(33)41)31-22-21-28-13-4-5-14-29(28)25-31/h1-26H. The van der Waals surface area contributed by atoms with Crippen molar-refractivity contribution in [2.24, 2.45) is 0 Å². The third-order valence-electron chi connectivity index (χ3n) is 8.84. The normalized spacial score (nSPS) is 11.7. The first-order chi connectivity index (χ1) is 21.3. The van der Waals surface area contributed by atoms with Gasteiger partial charge in [-0.2, -0.15) is 0 Å². The summed E-state index contributed by atoms with van der Waals surface area (Å²) in [4.78, 5) is 0. The average Bonchev–Trinajstić information content (AvgIpc) is 3.46. The summed E-state index contributed by atoms with van der Waals surface area (Å²) in [6, 6.07) is 57.9. The van der Waals surface area contributed by atoms with E-state index in [9.17, 15) is 0 Å². The first-order valence-electron chi connectivity index (χ1n) is 14.8. The molecule has 0 nitrogen and oxygen atoms in total. The van der Waals surface area contributed by atoms with Crippen molar-refractivity contribution < 1.29 is 0 Å². The number of hydrogen-bond donors (Lipinski definition) is 0. The Bertz CT molecular complexity index is 2440. The lowest BCUT2D eigenvalue weighted by Crippen LogP contribution is -1.91. The van der Waals surface area contributed by atoms with Gasteiger partial charge in [-0.3, -0.25) is 0 Å². The quantitative estimate of drug-likeness (QED) is 0.188. The third-order valence-corrected chi connectivity index (χ3v) is 10.1. The zero-order valence-corrected chi connectivity index (χ0v) is 24.2. The molecule has 9 rings (SSSR count). The van der Waals surface area contributed by atoms with Crippen LogP contribution in [0.4, 0.5) is 0 Å². The van der Waals surface area contributed by atoms with E-state index in [-0.39, 0.29) is 0 Å². The van der Waals surface area contributed by atoms with Gasteiger partial charge in [0.15, 0.2) is 0 Å². The van der Waals surface area contributed by atoms with Gasteiger partial charge in [-0.25, -0.2) is 0 Å². The van der Waals surface area contributed by atoms with Gasteiger partial charge in [0.25, 0.3) is 0 Å². The van der Waals surface area contributed by atoms with E-state index in [1.54, 1.807) is 0 Å². The number of fused-ring (bicyclic) bond motifs is 6. The van der Waals surface area contributed by atoms with Crippen LogP contribution >= 0.6 is 11.3 Å². The summed E-state index contributed by atoms with van der Waals surface area (Å²) in [6.45, 7) is 0. The Balaban J connectivity index is 1.35. The summed E-state index contributed by atoms with van der Waals surface area (Å²) in [6.07, 6.45) is 0. The molecule has 0 bridgehead atoms. The van der Waals surface area contributed by atoms with Crippen molar-refractivity contribution >= 4 is 63.8 Å². The lowest BCUT2D eigenvalue weighted by molar-refractivity contribution is 1.66. The van der Waals surface area contributed by atoms with Crippen LogP contribution in [-0.4, -0.2) is 0 Å². The fraction of sp³-hybridized carbons (Fsp3) is 0. The molecule has 1 heteroatoms. The van der Waals surface area contributed by atoms with Gasteiger partial charge in [0.2, 0.25) is 0 Å². The van der Waals surface area contributed by atoms with Crippen molar-refractivity contribution in [2.45, 2.75) is 0 Å². The molecule has 43 heavy (non-hydrogen) atoms. The highest BCUT2D eigenvalue weighted by Crippen LogP contribution is 2.48. The SMILES string of the molecule is c1ccc(-c2ccc3sc4c(-c5c6ccccc6c(-c6ccc7ccccc7c6)c6ccccc56)cccc4c3c2)cc1. The molecule has 1 aromatic heterocycles. The Labute approximate surface area is 254 Å². The molecule has 0 saturated carbocycles. The minimum absolute atomic E-state index is 1.25. The second-order valence-electron chi connectivity index (χ2n) is 11.3. The van der Waals surface area contributed by atoms with Gasteiger partial charge in [-0.15, -0.1) is 11.3 Å². The summed E-state index contributed by atoms with van der Waals surface area (Å²) < 4.78 is 2.67. The van der Waals surface area contributed by atoms with Crippen LogP contribution in [0, 0.1) is 0 Å². The van der Waals surface area contributed by atoms with E-state index >= 15 is 0 Å². The van der Waals surface area contributed by atoms with Crippen molar-refractivity contribution in [1.29, 1.82) is 0 Å². The first-order valence-corrected chi connectivity index (χ1v) is 15.6. The van der Waals surface area contributed by atoms with Crippen LogP contribution in [0.5, 0.6) is 0 Å². The van der Waals surface area contributed by atoms with Crippen LogP contribution in [0.1, 0.15) is 0 Å². The molecule has 0 amide bonds. The maximum absolute atomic E-state index is 2.37. The van der Waals surface area contributed by atoms with Crippen molar-refractivity contribution in [3.8, 4) is 33.4 Å². The third kappa shape index (κ3) is 3.82. The Hall–Kier alpha value is -5.24. The highest BCUT2D eigenvalue weighted by molar-refractivity contribution is 7.26. The van der Waals surface area contributed by atoms with Gasteiger partial charge < -0.3 is 0 Å². The van der Waals surface area contributed by atoms with Gasteiger partial charge >= 0.3 is 0 Å². The monoisotopic (exact) mass is 562 g/mol. The number of rotatable bonds is 3. The lowest BCUT2D eigenvalue weighted by atomic mass is 9.85. The molecule has 0 saturated heterocycles. The number of hydrogen-bond acceptors (Lipinski definition) is 1. The molecule has 0 N–H and O–H groups in total. The van der Waals surface area contributed by atoms with Crippen molar-refractivity contribution in [3.05, 3.63) is 158 Å². The van der Waals surface area contributed by atoms with Crippen LogP contribution in [0.3, 0.4) is 0 Å². The molecule has 9 aromatic rings. The molecule has 0 atom stereocenters. The topological polar surface area (TPSA) is 0 Å². The Morgan fingerprint density at radius 1 is 0.326 bits per heavy atom. The van der Waals surface area contributed by atoms with Crippen LogP contribution in [0.25, 0.3) is 85.9 Å². The summed E-state index contributed by atoms with van der Waals surface area (Å²) in [5.41, 5.74) is 7.69. The molecule has 200 valence electrons. The number of thiophene rings is 1. The predicted octanol–water partition coefficient (Wildman–Crippen LogP) is 12.5. The van der Waals surface area contributed by atoms with E-state index in [0.29, 0.717) is 0 Å². The van der Waals surface area contributed by atoms with E-state index in [1.807, 2.05) is 11.3 Å². The fourth-order valence-corrected chi connectivity index (χ4v) is 8.08. The lowest BCUT2D eigenvalue weighted by Gasteiger charge is -2.18. The molecular formula is C42H26S. The Morgan fingerprint density at radius 2 is 0.930 bits per heavy atom. The van der Waals surface area contributed by atoms with E-state index in [4.69, 9.17) is 0 Å². The molecular weight excluding hydrogens is 537 g/mol. The zero-order chi connectivity index (χ0) is 28.3. The summed E-state index contributed by atoms with van der Waals surface area (Å²) in [7, 11) is 0. The molecule has 0 spiro atoms. The highest BCUT2D eigenvalue weighted by Gasteiger charge is 2.19. The summed E-state index contributed by atoms with van der Waals surface area (Å²) >= 11 is 1.91. The van der Waals surface area contributed by atoms with Crippen LogP contribution in [0.15, 0.2) is 158 Å². The van der Waals surface area contributed by atoms with Crippen LogP contribution < -0.4 is 0 Å². The van der Waals surface area contributed by atoms with Gasteiger partial charge in [0.1, 0.15) is 0 Å². The average molecular weight is 563 g/mol. The van der Waals surface area contributed by atoms with Crippen LogP contribution in [0.2, 0.25) is 0 Å². The molecule has 0 aliphatic carbocycles. The largest absolute Gasteiger partial charge is 0.135 e. The van der Waals surface area contributed by atoms with Crippen molar-refractivity contribution in [2.75, 3.05) is 0 Å². The van der Waals surface area contributed by atoms with Gasteiger partial charge in [-0.05, 0) is 78.3 Å². The van der Waals surface area contributed by atoms with Crippen LogP contribution in [-0.2, 0) is 0 Å². The van der Waals surface area contributed by atoms with Crippen molar-refractivity contribution in [1.82, 2.24) is 0 Å². The Morgan fingerprint density at radius 3 is 1.67 bits per heavy atom. The number of benzene rings is 8. The molecule has 0 unspecified atom stereocenters. The smallest absolute Gasteiger partial charge is 0.0434 e.